The summed E-state index contributed by atoms with van der Waals surface area (Å²) < 4.78 is 18.4. The second kappa shape index (κ2) is 14.4. The van der Waals surface area contributed by atoms with Crippen LogP contribution >= 0.6 is 0 Å². The van der Waals surface area contributed by atoms with Crippen LogP contribution in [0.5, 0.6) is 0 Å². The first-order chi connectivity index (χ1) is 24.8. The van der Waals surface area contributed by atoms with Gasteiger partial charge in [-0.25, -0.2) is 0 Å². The van der Waals surface area contributed by atoms with Gasteiger partial charge in [-0.2, -0.15) is 0 Å². The van der Waals surface area contributed by atoms with Gasteiger partial charge < -0.3 is 34.4 Å². The van der Waals surface area contributed by atoms with E-state index in [4.69, 9.17) is 14.2 Å². The highest BCUT2D eigenvalue weighted by atomic mass is 16.6. The fourth-order valence-electron chi connectivity index (χ4n) is 8.18. The smallest absolute Gasteiger partial charge is 0.313 e. The number of carbonyl (C=O) groups excluding carboxylic acids is 4. The summed E-state index contributed by atoms with van der Waals surface area (Å²) >= 11 is 0. The lowest BCUT2D eigenvalue weighted by Crippen LogP contribution is -2.58. The zero-order valence-electron chi connectivity index (χ0n) is 28.7. The van der Waals surface area contributed by atoms with Crippen LogP contribution in [-0.4, -0.2) is 90.4 Å². The van der Waals surface area contributed by atoms with Crippen LogP contribution in [0.25, 0.3) is 10.8 Å². The van der Waals surface area contributed by atoms with E-state index >= 15 is 4.79 Å². The zero-order chi connectivity index (χ0) is 35.7. The molecule has 51 heavy (non-hydrogen) atoms. The molecule has 2 saturated heterocycles. The van der Waals surface area contributed by atoms with Crippen molar-refractivity contribution in [2.75, 3.05) is 31.8 Å². The highest BCUT2D eigenvalue weighted by Crippen LogP contribution is 2.56. The molecular weight excluding hydrogens is 650 g/mol. The number of hydrogen-bond donors (Lipinski definition) is 2. The molecule has 0 aliphatic carbocycles. The highest BCUT2D eigenvalue weighted by molar-refractivity contribution is 6.06. The summed E-state index contributed by atoms with van der Waals surface area (Å²) in [6.45, 7) is 1.68. The number of anilines is 1. The van der Waals surface area contributed by atoms with Crippen molar-refractivity contribution in [2.24, 2.45) is 11.8 Å². The maximum absolute atomic E-state index is 15.1. The van der Waals surface area contributed by atoms with Crippen molar-refractivity contribution in [1.82, 2.24) is 10.2 Å². The number of methoxy groups -OCH3 is 1. The maximum Gasteiger partial charge on any atom is 0.313 e. The van der Waals surface area contributed by atoms with Gasteiger partial charge in [0.2, 0.25) is 11.8 Å². The van der Waals surface area contributed by atoms with Gasteiger partial charge in [0.25, 0.3) is 5.91 Å². The molecular formula is C40H43N3O8. The fourth-order valence-corrected chi connectivity index (χ4v) is 8.18. The third kappa shape index (κ3) is 6.13. The van der Waals surface area contributed by atoms with Gasteiger partial charge in [0.1, 0.15) is 23.7 Å². The second-order valence-electron chi connectivity index (χ2n) is 13.6. The van der Waals surface area contributed by atoms with Crippen molar-refractivity contribution >= 4 is 40.2 Å². The predicted molar refractivity (Wildman–Crippen MR) is 189 cm³/mol. The number of fused-ring (bicyclic) bond motifs is 3. The molecule has 4 aliphatic heterocycles. The lowest BCUT2D eigenvalue weighted by atomic mass is 9.74. The molecule has 1 spiro atoms. The van der Waals surface area contributed by atoms with Gasteiger partial charge in [-0.3, -0.25) is 19.2 Å². The average molecular weight is 694 g/mol. The molecule has 4 aliphatic rings. The van der Waals surface area contributed by atoms with Crippen LogP contribution in [0.2, 0.25) is 0 Å². The zero-order valence-corrected chi connectivity index (χ0v) is 28.7. The van der Waals surface area contributed by atoms with Crippen LogP contribution in [-0.2, 0) is 33.4 Å². The second-order valence-corrected chi connectivity index (χ2v) is 13.6. The Hall–Kier alpha value is -4.84. The largest absolute Gasteiger partial charge is 0.455 e. The summed E-state index contributed by atoms with van der Waals surface area (Å²) in [5.74, 6) is -3.94. The van der Waals surface area contributed by atoms with E-state index in [0.29, 0.717) is 24.1 Å². The molecule has 0 radical (unpaired) electrons. The van der Waals surface area contributed by atoms with Gasteiger partial charge in [0.05, 0.1) is 37.3 Å². The molecule has 11 nitrogen and oxygen atoms in total. The molecule has 3 aromatic carbocycles. The molecule has 7 rings (SSSR count). The van der Waals surface area contributed by atoms with Gasteiger partial charge >= 0.3 is 5.97 Å². The van der Waals surface area contributed by atoms with Gasteiger partial charge in [-0.15, -0.1) is 0 Å². The van der Waals surface area contributed by atoms with E-state index in [1.54, 1.807) is 17.1 Å². The number of ether oxygens (including phenoxy) is 3. The summed E-state index contributed by atoms with van der Waals surface area (Å²) in [6.07, 6.45) is 6.34. The number of likely N-dealkylation sites (tertiary alicyclic amines) is 1. The average Bonchev–Trinajstić information content (AvgIpc) is 3.79. The molecule has 5 bridgehead atoms. The number of cyclic esters (lactones) is 1. The normalized spacial score (nSPS) is 30.7. The van der Waals surface area contributed by atoms with Crippen LogP contribution in [0.15, 0.2) is 97.1 Å². The molecule has 8 atom stereocenters. The third-order valence-electron chi connectivity index (χ3n) is 10.6. The number of aliphatic hydroxyl groups is 1. The molecule has 266 valence electrons. The summed E-state index contributed by atoms with van der Waals surface area (Å²) in [6, 6.07) is 20.1. The fraction of sp³-hybridized carbons (Fsp3) is 0.400. The number of aliphatic hydroxyl groups excluding tert-OH is 1. The van der Waals surface area contributed by atoms with Crippen LogP contribution in [0.4, 0.5) is 5.69 Å². The Morgan fingerprint density at radius 2 is 1.75 bits per heavy atom. The highest BCUT2D eigenvalue weighted by Gasteiger charge is 2.74. The first-order valence-electron chi connectivity index (χ1n) is 17.6. The van der Waals surface area contributed by atoms with Crippen LogP contribution < -0.4 is 10.2 Å². The van der Waals surface area contributed by atoms with Crippen molar-refractivity contribution in [3.05, 3.63) is 103 Å². The van der Waals surface area contributed by atoms with E-state index in [9.17, 15) is 19.5 Å². The van der Waals surface area contributed by atoms with Gasteiger partial charge in [0, 0.05) is 25.8 Å². The Kier molecular flexibility index (Phi) is 9.78. The number of nitrogens with one attached hydrogen (secondary N) is 1. The molecule has 3 amide bonds. The van der Waals surface area contributed by atoms with Gasteiger partial charge in [-0.1, -0.05) is 91.9 Å². The first-order valence-corrected chi connectivity index (χ1v) is 17.6. The minimum atomic E-state index is -1.47. The Morgan fingerprint density at radius 1 is 0.980 bits per heavy atom. The van der Waals surface area contributed by atoms with E-state index in [2.05, 4.69) is 5.32 Å². The Labute approximate surface area is 296 Å². The molecule has 3 aromatic rings. The number of allylic oxidation sites excluding steroid dienone is 1. The van der Waals surface area contributed by atoms with E-state index < -0.39 is 65.6 Å². The predicted octanol–water partition coefficient (Wildman–Crippen LogP) is 3.86. The van der Waals surface area contributed by atoms with Crippen LogP contribution in [0, 0.1) is 11.8 Å². The van der Waals surface area contributed by atoms with Crippen molar-refractivity contribution in [3.63, 3.8) is 0 Å². The lowest BCUT2D eigenvalue weighted by molar-refractivity contribution is -0.162. The number of nitrogens with zero attached hydrogens (tertiary/aromatic N) is 2. The quantitative estimate of drug-likeness (QED) is 0.282. The Morgan fingerprint density at radius 3 is 2.49 bits per heavy atom. The van der Waals surface area contributed by atoms with Crippen molar-refractivity contribution in [3.8, 4) is 0 Å². The molecule has 2 fully saturated rings. The van der Waals surface area contributed by atoms with Crippen molar-refractivity contribution in [1.29, 1.82) is 0 Å². The van der Waals surface area contributed by atoms with E-state index in [1.165, 1.54) is 12.0 Å². The maximum atomic E-state index is 15.1. The molecule has 4 heterocycles. The van der Waals surface area contributed by atoms with E-state index in [-0.39, 0.29) is 32.1 Å². The number of benzene rings is 3. The molecule has 0 aromatic heterocycles. The van der Waals surface area contributed by atoms with E-state index in [1.807, 2.05) is 91.9 Å². The summed E-state index contributed by atoms with van der Waals surface area (Å²) in [5.41, 5.74) is -0.214. The minimum absolute atomic E-state index is 0.0605. The standard InChI is InChI=1S/C40H43N3O8/c1-3-28(23-44)43-36-38(47)42(29-18-17-25-12-9-10-15-27(25)22-29)21-11-5-8-16-32(45)41-30(24-49-2)35(26-13-6-4-7-14-26)50-39(48)33-31-19-20-40(36,51-31)34(33)37(43)46/h4-7,9-15,17-20,22,28,30-31,33-36,44H,3,8,16,21,23-24H2,1-2H3,(H,41,45)/b11-5-/t28-,30-,31+,33-,34-,35-,36+,40-/m0/s1. The summed E-state index contributed by atoms with van der Waals surface area (Å²) in [7, 11) is 1.51. The summed E-state index contributed by atoms with van der Waals surface area (Å²) in [4.78, 5) is 60.6. The van der Waals surface area contributed by atoms with E-state index in [0.717, 1.165) is 10.8 Å². The molecule has 0 unspecified atom stereocenters. The first kappa shape index (κ1) is 34.6. The molecule has 11 heteroatoms. The van der Waals surface area contributed by atoms with Crippen molar-refractivity contribution in [2.45, 2.75) is 62.1 Å². The monoisotopic (exact) mass is 693 g/mol. The molecule has 2 N–H and O–H groups in total. The SMILES string of the molecule is CC[C@@H](CO)N1C(=O)[C@@H]2[C@H]3C(=O)O[C@@H](c4ccccc4)[C@H](COC)NC(=O)CC/C=C\CN(c4ccc5ccccc5c4)C(=O)[C@@H]1[C@]21C=C[C@H]3O1. The molecule has 0 saturated carbocycles. The number of rotatable bonds is 7. The third-order valence-corrected chi connectivity index (χ3v) is 10.6. The number of esters is 1. The van der Waals surface area contributed by atoms with Crippen LogP contribution in [0.3, 0.4) is 0 Å². The minimum Gasteiger partial charge on any atom is -0.455 e. The lowest BCUT2D eigenvalue weighted by Gasteiger charge is -2.38. The topological polar surface area (TPSA) is 135 Å². The number of hydrogen-bond acceptors (Lipinski definition) is 8. The van der Waals surface area contributed by atoms with Gasteiger partial charge in [-0.05, 0) is 41.3 Å². The Bertz CT molecular complexity index is 1860. The van der Waals surface area contributed by atoms with Gasteiger partial charge in [0.15, 0.2) is 0 Å². The number of carbonyl (C=O) groups is 4. The Balaban J connectivity index is 1.35. The van der Waals surface area contributed by atoms with Crippen LogP contribution in [0.1, 0.15) is 37.9 Å². The number of amides is 3. The summed E-state index contributed by atoms with van der Waals surface area (Å²) in [5, 5.41) is 15.5. The van der Waals surface area contributed by atoms with Crippen molar-refractivity contribution < 1.29 is 38.5 Å².